The van der Waals surface area contributed by atoms with E-state index in [1.807, 2.05) is 12.1 Å². The Labute approximate surface area is 104 Å². The molecule has 1 unspecified atom stereocenters. The topological polar surface area (TPSA) is 24.5 Å². The van der Waals surface area contributed by atoms with Gasteiger partial charge in [0.05, 0.1) is 12.8 Å². The van der Waals surface area contributed by atoms with Crippen LogP contribution in [-0.2, 0) is 0 Å². The van der Waals surface area contributed by atoms with Crippen molar-refractivity contribution in [3.63, 3.8) is 0 Å². The second-order valence-corrected chi connectivity index (χ2v) is 5.41. The minimum absolute atomic E-state index is 0.146. The Hall–Kier alpha value is -1.22. The van der Waals surface area contributed by atoms with Gasteiger partial charge in [-0.3, -0.25) is 0 Å². The summed E-state index contributed by atoms with van der Waals surface area (Å²) in [6.07, 6.45) is 0. The smallest absolute Gasteiger partial charge is 0.142 e. The van der Waals surface area contributed by atoms with Crippen molar-refractivity contribution in [2.24, 2.45) is 0 Å². The monoisotopic (exact) mass is 234 g/mol. The molecular weight excluding hydrogens is 212 g/mol. The number of benzene rings is 1. The molecule has 1 heterocycles. The fourth-order valence-corrected chi connectivity index (χ4v) is 2.36. The van der Waals surface area contributed by atoms with Crippen molar-refractivity contribution in [3.05, 3.63) is 24.3 Å². The van der Waals surface area contributed by atoms with Crippen molar-refractivity contribution < 1.29 is 4.74 Å². The van der Waals surface area contributed by atoms with Gasteiger partial charge in [-0.05, 0) is 32.9 Å². The molecule has 1 aromatic carbocycles. The number of rotatable bonds is 2. The molecule has 3 heteroatoms. The van der Waals surface area contributed by atoms with Gasteiger partial charge < -0.3 is 15.0 Å². The summed E-state index contributed by atoms with van der Waals surface area (Å²) < 4.78 is 5.45. The Balaban J connectivity index is 2.30. The van der Waals surface area contributed by atoms with Gasteiger partial charge >= 0.3 is 0 Å². The molecule has 0 aromatic heterocycles. The molecular formula is C14H22N2O. The number of nitrogens with zero attached hydrogens (tertiary/aromatic N) is 1. The van der Waals surface area contributed by atoms with Crippen LogP contribution in [-0.4, -0.2) is 31.8 Å². The Morgan fingerprint density at radius 3 is 2.76 bits per heavy atom. The minimum Gasteiger partial charge on any atom is -0.495 e. The van der Waals surface area contributed by atoms with Gasteiger partial charge in [0.2, 0.25) is 0 Å². The molecule has 0 spiro atoms. The number of nitrogens with one attached hydrogen (secondary N) is 1. The van der Waals surface area contributed by atoms with Crippen LogP contribution in [0.1, 0.15) is 20.8 Å². The maximum Gasteiger partial charge on any atom is 0.142 e. The predicted molar refractivity (Wildman–Crippen MR) is 71.9 cm³/mol. The summed E-state index contributed by atoms with van der Waals surface area (Å²) in [6.45, 7) is 8.72. The fourth-order valence-electron chi connectivity index (χ4n) is 2.36. The van der Waals surface area contributed by atoms with E-state index < -0.39 is 0 Å². The van der Waals surface area contributed by atoms with E-state index in [0.29, 0.717) is 6.04 Å². The zero-order valence-corrected chi connectivity index (χ0v) is 11.2. The summed E-state index contributed by atoms with van der Waals surface area (Å²) in [4.78, 5) is 2.43. The Morgan fingerprint density at radius 2 is 2.06 bits per heavy atom. The van der Waals surface area contributed by atoms with Gasteiger partial charge in [-0.25, -0.2) is 0 Å². The molecule has 2 rings (SSSR count). The lowest BCUT2D eigenvalue weighted by Crippen LogP contribution is -2.61. The van der Waals surface area contributed by atoms with Gasteiger partial charge in [0.1, 0.15) is 5.75 Å². The first kappa shape index (κ1) is 12.2. The third kappa shape index (κ3) is 2.55. The van der Waals surface area contributed by atoms with Crippen LogP contribution in [0.4, 0.5) is 5.69 Å². The van der Waals surface area contributed by atoms with Crippen molar-refractivity contribution in [3.8, 4) is 5.75 Å². The van der Waals surface area contributed by atoms with Gasteiger partial charge in [0, 0.05) is 24.7 Å². The third-order valence-electron chi connectivity index (χ3n) is 3.37. The van der Waals surface area contributed by atoms with Crippen molar-refractivity contribution in [2.45, 2.75) is 32.4 Å². The van der Waals surface area contributed by atoms with E-state index in [2.05, 4.69) is 43.1 Å². The molecule has 0 radical (unpaired) electrons. The molecule has 0 amide bonds. The normalized spacial score (nSPS) is 23.5. The van der Waals surface area contributed by atoms with Crippen LogP contribution in [0.5, 0.6) is 5.75 Å². The predicted octanol–water partition coefficient (Wildman–Crippen LogP) is 2.27. The van der Waals surface area contributed by atoms with Gasteiger partial charge in [0.25, 0.3) is 0 Å². The Bertz CT molecular complexity index is 390. The summed E-state index contributed by atoms with van der Waals surface area (Å²) in [6, 6.07) is 8.73. The molecule has 1 N–H and O–H groups in total. The highest BCUT2D eigenvalue weighted by atomic mass is 16.5. The lowest BCUT2D eigenvalue weighted by atomic mass is 9.98. The molecule has 0 aliphatic carbocycles. The summed E-state index contributed by atoms with van der Waals surface area (Å²) in [5, 5.41) is 3.56. The molecule has 3 nitrogen and oxygen atoms in total. The maximum absolute atomic E-state index is 5.45. The first-order valence-electron chi connectivity index (χ1n) is 6.18. The molecule has 1 aliphatic rings. The van der Waals surface area contributed by atoms with E-state index in [-0.39, 0.29) is 5.54 Å². The number of methoxy groups -OCH3 is 1. The van der Waals surface area contributed by atoms with Crippen LogP contribution >= 0.6 is 0 Å². The number of ether oxygens (including phenoxy) is 1. The van der Waals surface area contributed by atoms with Gasteiger partial charge in [-0.1, -0.05) is 12.1 Å². The molecule has 94 valence electrons. The van der Waals surface area contributed by atoms with Crippen molar-refractivity contribution in [1.82, 2.24) is 5.32 Å². The number of anilines is 1. The van der Waals surface area contributed by atoms with Crippen molar-refractivity contribution in [2.75, 3.05) is 25.1 Å². The van der Waals surface area contributed by atoms with E-state index in [1.54, 1.807) is 7.11 Å². The third-order valence-corrected chi connectivity index (χ3v) is 3.37. The second-order valence-electron chi connectivity index (χ2n) is 5.41. The Kier molecular flexibility index (Phi) is 3.29. The fraction of sp³-hybridized carbons (Fsp3) is 0.571. The van der Waals surface area contributed by atoms with Crippen molar-refractivity contribution in [1.29, 1.82) is 0 Å². The van der Waals surface area contributed by atoms with E-state index in [9.17, 15) is 0 Å². The molecule has 1 saturated heterocycles. The molecule has 1 fully saturated rings. The maximum atomic E-state index is 5.45. The lowest BCUT2D eigenvalue weighted by molar-refractivity contribution is 0.315. The summed E-state index contributed by atoms with van der Waals surface area (Å²) in [7, 11) is 1.73. The van der Waals surface area contributed by atoms with E-state index in [1.165, 1.54) is 5.69 Å². The number of piperazine rings is 1. The molecule has 1 aliphatic heterocycles. The highest BCUT2D eigenvalue weighted by Crippen LogP contribution is 2.31. The SMILES string of the molecule is COc1ccccc1N1CC(C)(C)NCC1C. The van der Waals surface area contributed by atoms with E-state index in [0.717, 1.165) is 18.8 Å². The zero-order valence-electron chi connectivity index (χ0n) is 11.2. The van der Waals surface area contributed by atoms with Crippen LogP contribution in [0.25, 0.3) is 0 Å². The molecule has 0 bridgehead atoms. The molecule has 1 atom stereocenters. The second kappa shape index (κ2) is 4.57. The largest absolute Gasteiger partial charge is 0.495 e. The van der Waals surface area contributed by atoms with Crippen LogP contribution < -0.4 is 15.0 Å². The van der Waals surface area contributed by atoms with Crippen LogP contribution in [0.15, 0.2) is 24.3 Å². The highest BCUT2D eigenvalue weighted by molar-refractivity contribution is 5.59. The summed E-state index contributed by atoms with van der Waals surface area (Å²) >= 11 is 0. The molecule has 17 heavy (non-hydrogen) atoms. The van der Waals surface area contributed by atoms with Crippen molar-refractivity contribution >= 4 is 5.69 Å². The van der Waals surface area contributed by atoms with Crippen LogP contribution in [0.3, 0.4) is 0 Å². The summed E-state index contributed by atoms with van der Waals surface area (Å²) in [5.74, 6) is 0.956. The quantitative estimate of drug-likeness (QED) is 0.849. The lowest BCUT2D eigenvalue weighted by Gasteiger charge is -2.45. The van der Waals surface area contributed by atoms with E-state index >= 15 is 0 Å². The van der Waals surface area contributed by atoms with E-state index in [4.69, 9.17) is 4.74 Å². The molecule has 1 aromatic rings. The zero-order chi connectivity index (χ0) is 12.5. The first-order chi connectivity index (χ1) is 8.03. The molecule has 0 saturated carbocycles. The highest BCUT2D eigenvalue weighted by Gasteiger charge is 2.31. The van der Waals surface area contributed by atoms with Gasteiger partial charge in [-0.15, -0.1) is 0 Å². The standard InChI is InChI=1S/C14H22N2O/c1-11-9-15-14(2,3)10-16(11)12-7-5-6-8-13(12)17-4/h5-8,11,15H,9-10H2,1-4H3. The summed E-state index contributed by atoms with van der Waals surface area (Å²) in [5.41, 5.74) is 1.34. The number of para-hydroxylation sites is 2. The van der Waals surface area contributed by atoms with Gasteiger partial charge in [-0.2, -0.15) is 0 Å². The Morgan fingerprint density at radius 1 is 1.35 bits per heavy atom. The average molecular weight is 234 g/mol. The first-order valence-corrected chi connectivity index (χ1v) is 6.18. The average Bonchev–Trinajstić information content (AvgIpc) is 2.32. The number of hydrogen-bond acceptors (Lipinski definition) is 3. The van der Waals surface area contributed by atoms with Crippen LogP contribution in [0, 0.1) is 0 Å². The van der Waals surface area contributed by atoms with Gasteiger partial charge in [0.15, 0.2) is 0 Å². The number of hydrogen-bond donors (Lipinski definition) is 1. The van der Waals surface area contributed by atoms with Crippen LogP contribution in [0.2, 0.25) is 0 Å². The minimum atomic E-state index is 0.146.